The summed E-state index contributed by atoms with van der Waals surface area (Å²) in [5.74, 6) is -0.186. The van der Waals surface area contributed by atoms with Crippen molar-refractivity contribution in [1.29, 1.82) is 0 Å². The molecular formula is C16H22FNO. The van der Waals surface area contributed by atoms with E-state index in [0.717, 1.165) is 25.3 Å². The van der Waals surface area contributed by atoms with E-state index in [-0.39, 0.29) is 11.9 Å². The highest BCUT2D eigenvalue weighted by Gasteiger charge is 2.35. The molecule has 1 N–H and O–H groups in total. The zero-order chi connectivity index (χ0) is 13.1. The van der Waals surface area contributed by atoms with Crippen molar-refractivity contribution in [2.75, 3.05) is 19.7 Å². The van der Waals surface area contributed by atoms with Gasteiger partial charge in [-0.3, -0.25) is 0 Å². The second-order valence-corrected chi connectivity index (χ2v) is 6.04. The van der Waals surface area contributed by atoms with Crippen molar-refractivity contribution < 1.29 is 9.13 Å². The maximum atomic E-state index is 13.0. The number of hydrogen-bond acceptors (Lipinski definition) is 2. The highest BCUT2D eigenvalue weighted by atomic mass is 19.1. The fourth-order valence-electron chi connectivity index (χ4n) is 3.37. The van der Waals surface area contributed by atoms with Gasteiger partial charge < -0.3 is 10.1 Å². The van der Waals surface area contributed by atoms with Crippen molar-refractivity contribution in [2.45, 2.75) is 38.2 Å². The summed E-state index contributed by atoms with van der Waals surface area (Å²) in [5, 5.41) is 3.55. The Labute approximate surface area is 114 Å². The first-order valence-corrected chi connectivity index (χ1v) is 7.35. The van der Waals surface area contributed by atoms with Crippen LogP contribution in [-0.4, -0.2) is 19.7 Å². The van der Waals surface area contributed by atoms with Crippen LogP contribution in [-0.2, 0) is 4.74 Å². The first-order chi connectivity index (χ1) is 9.27. The van der Waals surface area contributed by atoms with Gasteiger partial charge in [-0.05, 0) is 30.5 Å². The van der Waals surface area contributed by atoms with Gasteiger partial charge in [-0.2, -0.15) is 0 Å². The third-order valence-corrected chi connectivity index (χ3v) is 4.58. The van der Waals surface area contributed by atoms with Crippen LogP contribution in [0.3, 0.4) is 0 Å². The van der Waals surface area contributed by atoms with Gasteiger partial charge in [0.1, 0.15) is 5.82 Å². The summed E-state index contributed by atoms with van der Waals surface area (Å²) in [4.78, 5) is 0. The fraction of sp³-hybridized carbons (Fsp3) is 0.625. The second-order valence-electron chi connectivity index (χ2n) is 6.04. The van der Waals surface area contributed by atoms with Gasteiger partial charge in [0, 0.05) is 18.5 Å². The average molecular weight is 263 g/mol. The SMILES string of the molecule is Fc1ccc(C2CNCC3(CCCCC3)CO2)cc1. The lowest BCUT2D eigenvalue weighted by Gasteiger charge is -2.35. The minimum Gasteiger partial charge on any atom is -0.372 e. The third kappa shape index (κ3) is 2.98. The van der Waals surface area contributed by atoms with E-state index in [1.54, 1.807) is 0 Å². The van der Waals surface area contributed by atoms with Crippen LogP contribution in [0.4, 0.5) is 4.39 Å². The first-order valence-electron chi connectivity index (χ1n) is 7.35. The normalized spacial score (nSPS) is 27.1. The molecular weight excluding hydrogens is 241 g/mol. The van der Waals surface area contributed by atoms with Crippen LogP contribution in [0.15, 0.2) is 24.3 Å². The maximum absolute atomic E-state index is 13.0. The van der Waals surface area contributed by atoms with Gasteiger partial charge in [0.25, 0.3) is 0 Å². The first kappa shape index (κ1) is 13.1. The predicted molar refractivity (Wildman–Crippen MR) is 73.5 cm³/mol. The molecule has 1 unspecified atom stereocenters. The molecule has 1 heterocycles. The molecule has 0 bridgehead atoms. The summed E-state index contributed by atoms with van der Waals surface area (Å²) in [7, 11) is 0. The van der Waals surface area contributed by atoms with Crippen molar-refractivity contribution in [1.82, 2.24) is 5.32 Å². The summed E-state index contributed by atoms with van der Waals surface area (Å²) in [6.07, 6.45) is 6.62. The molecule has 3 heteroatoms. The molecule has 1 spiro atoms. The van der Waals surface area contributed by atoms with E-state index < -0.39 is 0 Å². The molecule has 1 aliphatic heterocycles. The number of ether oxygens (including phenoxy) is 1. The van der Waals surface area contributed by atoms with Gasteiger partial charge in [-0.15, -0.1) is 0 Å². The Kier molecular flexibility index (Phi) is 3.85. The van der Waals surface area contributed by atoms with Gasteiger partial charge in [0.2, 0.25) is 0 Å². The topological polar surface area (TPSA) is 21.3 Å². The van der Waals surface area contributed by atoms with Crippen LogP contribution in [0, 0.1) is 11.2 Å². The lowest BCUT2D eigenvalue weighted by Crippen LogP contribution is -2.37. The standard InChI is InChI=1S/C16H22FNO/c17-14-6-4-13(5-7-14)15-10-18-11-16(12-19-15)8-2-1-3-9-16/h4-7,15,18H,1-3,8-12H2. The monoisotopic (exact) mass is 263 g/mol. The second kappa shape index (κ2) is 5.59. The predicted octanol–water partition coefficient (Wildman–Crippen LogP) is 3.44. The van der Waals surface area contributed by atoms with Crippen LogP contribution in [0.1, 0.15) is 43.8 Å². The number of benzene rings is 1. The minimum absolute atomic E-state index is 0.0573. The van der Waals surface area contributed by atoms with E-state index in [4.69, 9.17) is 4.74 Å². The van der Waals surface area contributed by atoms with Crippen molar-refractivity contribution in [3.05, 3.63) is 35.6 Å². The molecule has 2 nitrogen and oxygen atoms in total. The summed E-state index contributed by atoms with van der Waals surface area (Å²) >= 11 is 0. The van der Waals surface area contributed by atoms with Gasteiger partial charge in [-0.25, -0.2) is 4.39 Å². The van der Waals surface area contributed by atoms with Crippen LogP contribution in [0.2, 0.25) is 0 Å². The maximum Gasteiger partial charge on any atom is 0.123 e. The molecule has 3 rings (SSSR count). The highest BCUT2D eigenvalue weighted by Crippen LogP contribution is 2.38. The van der Waals surface area contributed by atoms with E-state index >= 15 is 0 Å². The fourth-order valence-corrected chi connectivity index (χ4v) is 3.37. The molecule has 1 saturated carbocycles. The zero-order valence-corrected chi connectivity index (χ0v) is 11.3. The summed E-state index contributed by atoms with van der Waals surface area (Å²) in [6, 6.07) is 6.70. The van der Waals surface area contributed by atoms with E-state index in [1.165, 1.54) is 44.2 Å². The Morgan fingerprint density at radius 1 is 1.11 bits per heavy atom. The summed E-state index contributed by atoms with van der Waals surface area (Å²) in [5.41, 5.74) is 1.41. The molecule has 1 saturated heterocycles. The average Bonchev–Trinajstić information content (AvgIpc) is 2.64. The van der Waals surface area contributed by atoms with Crippen LogP contribution >= 0.6 is 0 Å². The molecule has 0 radical (unpaired) electrons. The summed E-state index contributed by atoms with van der Waals surface area (Å²) < 4.78 is 19.1. The van der Waals surface area contributed by atoms with Gasteiger partial charge >= 0.3 is 0 Å². The van der Waals surface area contributed by atoms with Crippen LogP contribution < -0.4 is 5.32 Å². The molecule has 19 heavy (non-hydrogen) atoms. The van der Waals surface area contributed by atoms with E-state index in [2.05, 4.69) is 5.32 Å². The lowest BCUT2D eigenvalue weighted by molar-refractivity contribution is -0.00142. The van der Waals surface area contributed by atoms with E-state index in [9.17, 15) is 4.39 Å². The largest absolute Gasteiger partial charge is 0.372 e. The Morgan fingerprint density at radius 3 is 2.58 bits per heavy atom. The lowest BCUT2D eigenvalue weighted by atomic mass is 9.74. The van der Waals surface area contributed by atoms with Crippen molar-refractivity contribution >= 4 is 0 Å². The molecule has 2 aliphatic rings. The minimum atomic E-state index is -0.186. The van der Waals surface area contributed by atoms with Crippen molar-refractivity contribution in [3.63, 3.8) is 0 Å². The molecule has 1 aromatic carbocycles. The smallest absolute Gasteiger partial charge is 0.123 e. The molecule has 1 atom stereocenters. The molecule has 0 amide bonds. The zero-order valence-electron chi connectivity index (χ0n) is 11.3. The highest BCUT2D eigenvalue weighted by molar-refractivity contribution is 5.19. The quantitative estimate of drug-likeness (QED) is 0.838. The molecule has 1 aromatic rings. The van der Waals surface area contributed by atoms with E-state index in [1.807, 2.05) is 12.1 Å². The van der Waals surface area contributed by atoms with Crippen molar-refractivity contribution in [3.8, 4) is 0 Å². The van der Waals surface area contributed by atoms with Gasteiger partial charge in [0.05, 0.1) is 12.7 Å². The van der Waals surface area contributed by atoms with Crippen molar-refractivity contribution in [2.24, 2.45) is 5.41 Å². The summed E-state index contributed by atoms with van der Waals surface area (Å²) in [6.45, 7) is 2.72. The molecule has 2 fully saturated rings. The van der Waals surface area contributed by atoms with E-state index in [0.29, 0.717) is 5.41 Å². The van der Waals surface area contributed by atoms with Crippen LogP contribution in [0.5, 0.6) is 0 Å². The molecule has 1 aliphatic carbocycles. The van der Waals surface area contributed by atoms with Gasteiger partial charge in [-0.1, -0.05) is 31.4 Å². The Balaban J connectivity index is 1.68. The third-order valence-electron chi connectivity index (χ3n) is 4.58. The number of hydrogen-bond donors (Lipinski definition) is 1. The number of nitrogens with one attached hydrogen (secondary N) is 1. The number of rotatable bonds is 1. The molecule has 104 valence electrons. The van der Waals surface area contributed by atoms with Crippen LogP contribution in [0.25, 0.3) is 0 Å². The number of halogens is 1. The Bertz CT molecular complexity index is 411. The Morgan fingerprint density at radius 2 is 1.84 bits per heavy atom. The van der Waals surface area contributed by atoms with Gasteiger partial charge in [0.15, 0.2) is 0 Å². The molecule has 0 aromatic heterocycles. The Hall–Kier alpha value is -0.930.